The molecule has 132 valence electrons. The molecular weight excluding hydrogens is 388 g/mol. The van der Waals surface area contributed by atoms with Gasteiger partial charge in [-0.25, -0.2) is 0 Å². The molecule has 3 nitrogen and oxygen atoms in total. The molecule has 0 spiro atoms. The van der Waals surface area contributed by atoms with Crippen molar-refractivity contribution in [3.63, 3.8) is 0 Å². The molecule has 0 aliphatic carbocycles. The highest BCUT2D eigenvalue weighted by Gasteiger charge is 2.12. The molecule has 0 bridgehead atoms. The fourth-order valence-corrected chi connectivity index (χ4v) is 3.04. The number of para-hydroxylation sites is 1. The van der Waals surface area contributed by atoms with Crippen molar-refractivity contribution in [1.29, 1.82) is 0 Å². The molecule has 1 atom stereocenters. The Morgan fingerprint density at radius 2 is 1.46 bits per heavy atom. The lowest BCUT2D eigenvalue weighted by molar-refractivity contribution is 0.0952. The van der Waals surface area contributed by atoms with E-state index in [9.17, 15) is 4.79 Å². The summed E-state index contributed by atoms with van der Waals surface area (Å²) in [5.74, 6) is -0.0418. The Labute approximate surface area is 162 Å². The van der Waals surface area contributed by atoms with E-state index in [4.69, 9.17) is 0 Å². The minimum Gasteiger partial charge on any atom is -0.378 e. The van der Waals surface area contributed by atoms with Crippen LogP contribution in [-0.2, 0) is 0 Å². The number of benzene rings is 3. The molecule has 1 amide bonds. The molecule has 26 heavy (non-hydrogen) atoms. The SMILES string of the molecule is O=C(NCCC(Nc1ccccc1)c1ccc(Br)cc1)c1ccccc1. The zero-order valence-electron chi connectivity index (χ0n) is 14.4. The summed E-state index contributed by atoms with van der Waals surface area (Å²) < 4.78 is 1.05. The summed E-state index contributed by atoms with van der Waals surface area (Å²) in [6.45, 7) is 0.592. The van der Waals surface area contributed by atoms with Gasteiger partial charge in [0.2, 0.25) is 0 Å². The molecule has 0 saturated heterocycles. The van der Waals surface area contributed by atoms with Crippen LogP contribution < -0.4 is 10.6 Å². The highest BCUT2D eigenvalue weighted by Crippen LogP contribution is 2.24. The maximum absolute atomic E-state index is 12.2. The lowest BCUT2D eigenvalue weighted by atomic mass is 10.0. The van der Waals surface area contributed by atoms with E-state index in [1.54, 1.807) is 0 Å². The number of rotatable bonds is 7. The van der Waals surface area contributed by atoms with Crippen molar-refractivity contribution in [2.45, 2.75) is 12.5 Å². The second-order valence-corrected chi connectivity index (χ2v) is 6.94. The van der Waals surface area contributed by atoms with Gasteiger partial charge in [-0.1, -0.05) is 64.5 Å². The molecule has 3 aromatic carbocycles. The highest BCUT2D eigenvalue weighted by molar-refractivity contribution is 9.10. The molecule has 1 unspecified atom stereocenters. The number of anilines is 1. The molecule has 2 N–H and O–H groups in total. The molecule has 0 aromatic heterocycles. The van der Waals surface area contributed by atoms with E-state index in [-0.39, 0.29) is 11.9 Å². The zero-order chi connectivity index (χ0) is 18.2. The molecular formula is C22H21BrN2O. The number of hydrogen-bond donors (Lipinski definition) is 2. The summed E-state index contributed by atoms with van der Waals surface area (Å²) >= 11 is 3.48. The van der Waals surface area contributed by atoms with Gasteiger partial charge in [0.25, 0.3) is 5.91 Å². The molecule has 0 fully saturated rings. The van der Waals surface area contributed by atoms with Crippen LogP contribution in [-0.4, -0.2) is 12.5 Å². The Bertz CT molecular complexity index is 820. The van der Waals surface area contributed by atoms with E-state index >= 15 is 0 Å². The Kier molecular flexibility index (Phi) is 6.45. The monoisotopic (exact) mass is 408 g/mol. The quantitative estimate of drug-likeness (QED) is 0.547. The van der Waals surface area contributed by atoms with Crippen molar-refractivity contribution in [1.82, 2.24) is 5.32 Å². The van der Waals surface area contributed by atoms with E-state index in [1.165, 1.54) is 5.56 Å². The van der Waals surface area contributed by atoms with Crippen molar-refractivity contribution in [3.05, 3.63) is 101 Å². The Morgan fingerprint density at radius 3 is 2.12 bits per heavy atom. The lowest BCUT2D eigenvalue weighted by Gasteiger charge is -2.21. The summed E-state index contributed by atoms with van der Waals surface area (Å²) in [7, 11) is 0. The van der Waals surface area contributed by atoms with Gasteiger partial charge in [-0.2, -0.15) is 0 Å². The predicted molar refractivity (Wildman–Crippen MR) is 110 cm³/mol. The first kappa shape index (κ1) is 18.2. The van der Waals surface area contributed by atoms with Crippen LogP contribution in [0.1, 0.15) is 28.4 Å². The molecule has 0 aliphatic heterocycles. The maximum atomic E-state index is 12.2. The van der Waals surface area contributed by atoms with E-state index in [2.05, 4.69) is 50.8 Å². The van der Waals surface area contributed by atoms with Gasteiger partial charge in [0, 0.05) is 22.3 Å². The van der Waals surface area contributed by atoms with Crippen LogP contribution >= 0.6 is 15.9 Å². The van der Waals surface area contributed by atoms with Crippen LogP contribution in [0.15, 0.2) is 89.4 Å². The summed E-state index contributed by atoms with van der Waals surface area (Å²) in [6, 6.07) is 27.8. The first-order valence-electron chi connectivity index (χ1n) is 8.62. The number of amides is 1. The minimum absolute atomic E-state index is 0.0418. The van der Waals surface area contributed by atoms with Gasteiger partial charge >= 0.3 is 0 Å². The topological polar surface area (TPSA) is 41.1 Å². The van der Waals surface area contributed by atoms with Crippen LogP contribution in [0.2, 0.25) is 0 Å². The second-order valence-electron chi connectivity index (χ2n) is 6.03. The molecule has 0 saturated carbocycles. The van der Waals surface area contributed by atoms with Crippen LogP contribution in [0, 0.1) is 0 Å². The van der Waals surface area contributed by atoms with Crippen molar-refractivity contribution in [2.24, 2.45) is 0 Å². The molecule has 3 aromatic rings. The summed E-state index contributed by atoms with van der Waals surface area (Å²) in [4.78, 5) is 12.2. The fourth-order valence-electron chi connectivity index (χ4n) is 2.77. The van der Waals surface area contributed by atoms with Crippen LogP contribution in [0.5, 0.6) is 0 Å². The summed E-state index contributed by atoms with van der Waals surface area (Å²) in [5.41, 5.74) is 2.93. The van der Waals surface area contributed by atoms with E-state index in [0.29, 0.717) is 12.1 Å². The standard InChI is InChI=1S/C22H21BrN2O/c23-19-13-11-17(12-14-19)21(25-20-9-5-2-6-10-20)15-16-24-22(26)18-7-3-1-4-8-18/h1-14,21,25H,15-16H2,(H,24,26). The Balaban J connectivity index is 1.65. The Morgan fingerprint density at radius 1 is 0.846 bits per heavy atom. The second kappa shape index (κ2) is 9.20. The van der Waals surface area contributed by atoms with Gasteiger partial charge in [0.05, 0.1) is 6.04 Å². The van der Waals surface area contributed by atoms with Gasteiger partial charge in [0.15, 0.2) is 0 Å². The third-order valence-corrected chi connectivity index (χ3v) is 4.67. The van der Waals surface area contributed by atoms with Crippen LogP contribution in [0.3, 0.4) is 0 Å². The van der Waals surface area contributed by atoms with Crippen molar-refractivity contribution in [3.8, 4) is 0 Å². The number of carbonyl (C=O) groups excluding carboxylic acids is 1. The lowest BCUT2D eigenvalue weighted by Crippen LogP contribution is -2.27. The van der Waals surface area contributed by atoms with Gasteiger partial charge in [-0.15, -0.1) is 0 Å². The van der Waals surface area contributed by atoms with Crippen molar-refractivity contribution >= 4 is 27.5 Å². The number of hydrogen-bond acceptors (Lipinski definition) is 2. The van der Waals surface area contributed by atoms with Gasteiger partial charge < -0.3 is 10.6 Å². The largest absolute Gasteiger partial charge is 0.378 e. The van der Waals surface area contributed by atoms with E-state index < -0.39 is 0 Å². The molecule has 3 rings (SSSR count). The number of carbonyl (C=O) groups is 1. The fraction of sp³-hybridized carbons (Fsp3) is 0.136. The smallest absolute Gasteiger partial charge is 0.251 e. The maximum Gasteiger partial charge on any atom is 0.251 e. The summed E-state index contributed by atoms with van der Waals surface area (Å²) in [5, 5.41) is 6.57. The van der Waals surface area contributed by atoms with Crippen LogP contribution in [0.4, 0.5) is 5.69 Å². The van der Waals surface area contributed by atoms with Crippen molar-refractivity contribution in [2.75, 3.05) is 11.9 Å². The Hall–Kier alpha value is -2.59. The molecule has 0 radical (unpaired) electrons. The average molecular weight is 409 g/mol. The normalized spacial score (nSPS) is 11.6. The average Bonchev–Trinajstić information content (AvgIpc) is 2.69. The number of nitrogens with one attached hydrogen (secondary N) is 2. The molecule has 4 heteroatoms. The molecule has 0 heterocycles. The van der Waals surface area contributed by atoms with Crippen LogP contribution in [0.25, 0.3) is 0 Å². The van der Waals surface area contributed by atoms with Gasteiger partial charge in [-0.3, -0.25) is 4.79 Å². The van der Waals surface area contributed by atoms with E-state index in [0.717, 1.165) is 16.6 Å². The van der Waals surface area contributed by atoms with Gasteiger partial charge in [0.1, 0.15) is 0 Å². The first-order valence-corrected chi connectivity index (χ1v) is 9.42. The predicted octanol–water partition coefficient (Wildman–Crippen LogP) is 5.42. The third kappa shape index (κ3) is 5.20. The van der Waals surface area contributed by atoms with Crippen molar-refractivity contribution < 1.29 is 4.79 Å². The zero-order valence-corrected chi connectivity index (χ0v) is 15.9. The highest BCUT2D eigenvalue weighted by atomic mass is 79.9. The summed E-state index contributed by atoms with van der Waals surface area (Å²) in [6.07, 6.45) is 0.787. The third-order valence-electron chi connectivity index (χ3n) is 4.14. The van der Waals surface area contributed by atoms with E-state index in [1.807, 2.05) is 60.7 Å². The first-order chi connectivity index (χ1) is 12.7. The minimum atomic E-state index is -0.0418. The molecule has 0 aliphatic rings. The van der Waals surface area contributed by atoms with Gasteiger partial charge in [-0.05, 0) is 48.4 Å². The number of halogens is 1.